The molecule has 0 saturated carbocycles. The predicted molar refractivity (Wildman–Crippen MR) is 76.3 cm³/mol. The summed E-state index contributed by atoms with van der Waals surface area (Å²) in [5.41, 5.74) is 7.84. The Labute approximate surface area is 118 Å². The van der Waals surface area contributed by atoms with Crippen molar-refractivity contribution in [1.82, 2.24) is 19.3 Å². The SMILES string of the molecule is CCC(N)Cc1nccn1Cc1c(Cl)c(C)nn1C. The average Bonchev–Trinajstić information content (AvgIpc) is 2.90. The van der Waals surface area contributed by atoms with Crippen LogP contribution in [0.25, 0.3) is 0 Å². The largest absolute Gasteiger partial charge is 0.329 e. The van der Waals surface area contributed by atoms with Crippen molar-refractivity contribution < 1.29 is 0 Å². The van der Waals surface area contributed by atoms with Gasteiger partial charge in [-0.25, -0.2) is 4.98 Å². The van der Waals surface area contributed by atoms with Gasteiger partial charge >= 0.3 is 0 Å². The third-order valence-electron chi connectivity index (χ3n) is 3.35. The van der Waals surface area contributed by atoms with Crippen molar-refractivity contribution in [2.45, 2.75) is 39.3 Å². The van der Waals surface area contributed by atoms with Crippen molar-refractivity contribution >= 4 is 11.6 Å². The summed E-state index contributed by atoms with van der Waals surface area (Å²) in [5.74, 6) is 0.990. The number of halogens is 1. The molecule has 2 N–H and O–H groups in total. The summed E-state index contributed by atoms with van der Waals surface area (Å²) in [6, 6.07) is 0.143. The normalized spacial score (nSPS) is 12.9. The topological polar surface area (TPSA) is 61.7 Å². The minimum Gasteiger partial charge on any atom is -0.329 e. The molecule has 19 heavy (non-hydrogen) atoms. The first-order chi connectivity index (χ1) is 9.02. The van der Waals surface area contributed by atoms with Crippen LogP contribution in [0.15, 0.2) is 12.4 Å². The minimum absolute atomic E-state index is 0.143. The van der Waals surface area contributed by atoms with Gasteiger partial charge in [0.05, 0.1) is 23.0 Å². The third kappa shape index (κ3) is 2.98. The molecule has 0 radical (unpaired) electrons. The molecule has 0 spiro atoms. The maximum atomic E-state index is 6.27. The summed E-state index contributed by atoms with van der Waals surface area (Å²) >= 11 is 6.27. The Bertz CT molecular complexity index is 557. The van der Waals surface area contributed by atoms with E-state index in [-0.39, 0.29) is 6.04 Å². The van der Waals surface area contributed by atoms with Crippen molar-refractivity contribution in [3.8, 4) is 0 Å². The summed E-state index contributed by atoms with van der Waals surface area (Å²) < 4.78 is 3.90. The van der Waals surface area contributed by atoms with E-state index < -0.39 is 0 Å². The molecule has 0 aliphatic carbocycles. The Morgan fingerprint density at radius 2 is 2.21 bits per heavy atom. The fourth-order valence-corrected chi connectivity index (χ4v) is 2.29. The third-order valence-corrected chi connectivity index (χ3v) is 3.84. The lowest BCUT2D eigenvalue weighted by Gasteiger charge is -2.11. The van der Waals surface area contributed by atoms with Crippen molar-refractivity contribution in [2.75, 3.05) is 0 Å². The van der Waals surface area contributed by atoms with Crippen LogP contribution in [-0.4, -0.2) is 25.4 Å². The van der Waals surface area contributed by atoms with Gasteiger partial charge in [-0.15, -0.1) is 0 Å². The second-order valence-electron chi connectivity index (χ2n) is 4.81. The number of nitrogens with zero attached hydrogens (tertiary/aromatic N) is 4. The van der Waals surface area contributed by atoms with Crippen LogP contribution < -0.4 is 5.73 Å². The lowest BCUT2D eigenvalue weighted by molar-refractivity contribution is 0.584. The molecule has 6 heteroatoms. The summed E-state index contributed by atoms with van der Waals surface area (Å²) in [4.78, 5) is 4.38. The van der Waals surface area contributed by atoms with Gasteiger partial charge in [0.15, 0.2) is 0 Å². The summed E-state index contributed by atoms with van der Waals surface area (Å²) in [6.45, 7) is 4.66. The van der Waals surface area contributed by atoms with E-state index in [1.54, 1.807) is 6.20 Å². The van der Waals surface area contributed by atoms with Crippen molar-refractivity contribution in [3.63, 3.8) is 0 Å². The van der Waals surface area contributed by atoms with Gasteiger partial charge in [-0.1, -0.05) is 18.5 Å². The molecule has 0 aromatic carbocycles. The van der Waals surface area contributed by atoms with Gasteiger partial charge in [0.1, 0.15) is 5.82 Å². The predicted octanol–water partition coefficient (Wildman–Crippen LogP) is 1.91. The highest BCUT2D eigenvalue weighted by molar-refractivity contribution is 6.31. The molecule has 1 atom stereocenters. The van der Waals surface area contributed by atoms with Gasteiger partial charge in [0.2, 0.25) is 0 Å². The molecule has 0 amide bonds. The van der Waals surface area contributed by atoms with Crippen molar-refractivity contribution in [2.24, 2.45) is 12.8 Å². The fourth-order valence-electron chi connectivity index (χ4n) is 2.07. The second kappa shape index (κ2) is 5.75. The second-order valence-corrected chi connectivity index (χ2v) is 5.19. The zero-order chi connectivity index (χ0) is 14.0. The quantitative estimate of drug-likeness (QED) is 0.911. The Balaban J connectivity index is 2.22. The highest BCUT2D eigenvalue weighted by atomic mass is 35.5. The number of aryl methyl sites for hydroxylation is 2. The van der Waals surface area contributed by atoms with Gasteiger partial charge in [0.25, 0.3) is 0 Å². The first kappa shape index (κ1) is 14.1. The number of hydrogen-bond donors (Lipinski definition) is 1. The molecule has 0 aliphatic heterocycles. The molecule has 0 fully saturated rings. The molecular formula is C13H20ClN5. The summed E-state index contributed by atoms with van der Waals surface area (Å²) in [5, 5.41) is 5.05. The highest BCUT2D eigenvalue weighted by Gasteiger charge is 2.14. The van der Waals surface area contributed by atoms with Crippen LogP contribution in [0, 0.1) is 6.92 Å². The van der Waals surface area contributed by atoms with Gasteiger partial charge in [-0.2, -0.15) is 5.10 Å². The molecule has 104 valence electrons. The number of rotatable bonds is 5. The Hall–Kier alpha value is -1.33. The van der Waals surface area contributed by atoms with Crippen LogP contribution in [0.2, 0.25) is 5.02 Å². The maximum absolute atomic E-state index is 6.27. The molecule has 2 heterocycles. The van der Waals surface area contributed by atoms with Gasteiger partial charge in [-0.3, -0.25) is 4.68 Å². The number of hydrogen-bond acceptors (Lipinski definition) is 3. The Morgan fingerprint density at radius 3 is 2.79 bits per heavy atom. The van der Waals surface area contributed by atoms with Crippen LogP contribution in [0.3, 0.4) is 0 Å². The molecule has 2 rings (SSSR count). The summed E-state index contributed by atoms with van der Waals surface area (Å²) in [6.07, 6.45) is 5.47. The molecule has 0 aliphatic rings. The Kier molecular flexibility index (Phi) is 4.27. The van der Waals surface area contributed by atoms with Crippen LogP contribution in [0.4, 0.5) is 0 Å². The van der Waals surface area contributed by atoms with Crippen LogP contribution in [0.5, 0.6) is 0 Å². The minimum atomic E-state index is 0.143. The first-order valence-electron chi connectivity index (χ1n) is 6.46. The number of imidazole rings is 1. The van der Waals surface area contributed by atoms with Gasteiger partial charge in [0, 0.05) is 31.9 Å². The van der Waals surface area contributed by atoms with Crippen LogP contribution >= 0.6 is 11.6 Å². The van der Waals surface area contributed by atoms with E-state index in [4.69, 9.17) is 17.3 Å². The maximum Gasteiger partial charge on any atom is 0.110 e. The molecular weight excluding hydrogens is 262 g/mol. The molecule has 0 bridgehead atoms. The van der Waals surface area contributed by atoms with Crippen LogP contribution in [0.1, 0.15) is 30.6 Å². The highest BCUT2D eigenvalue weighted by Crippen LogP contribution is 2.20. The zero-order valence-electron chi connectivity index (χ0n) is 11.6. The lowest BCUT2D eigenvalue weighted by atomic mass is 10.1. The van der Waals surface area contributed by atoms with Crippen LogP contribution in [-0.2, 0) is 20.0 Å². The smallest absolute Gasteiger partial charge is 0.110 e. The fraction of sp³-hybridized carbons (Fsp3) is 0.538. The zero-order valence-corrected chi connectivity index (χ0v) is 12.4. The lowest BCUT2D eigenvalue weighted by Crippen LogP contribution is -2.24. The van der Waals surface area contributed by atoms with Gasteiger partial charge < -0.3 is 10.3 Å². The summed E-state index contributed by atoms with van der Waals surface area (Å²) in [7, 11) is 1.91. The number of aromatic nitrogens is 4. The first-order valence-corrected chi connectivity index (χ1v) is 6.84. The van der Waals surface area contributed by atoms with Gasteiger partial charge in [-0.05, 0) is 13.3 Å². The molecule has 2 aromatic heterocycles. The molecule has 1 unspecified atom stereocenters. The van der Waals surface area contributed by atoms with E-state index in [0.717, 1.165) is 35.1 Å². The molecule has 5 nitrogen and oxygen atoms in total. The van der Waals surface area contributed by atoms with E-state index in [0.29, 0.717) is 6.54 Å². The standard InChI is InChI=1S/C13H20ClN5/c1-4-10(15)7-12-16-5-6-19(12)8-11-13(14)9(2)17-18(11)3/h5-6,10H,4,7-8,15H2,1-3H3. The van der Waals surface area contributed by atoms with E-state index in [9.17, 15) is 0 Å². The van der Waals surface area contributed by atoms with E-state index in [1.165, 1.54) is 0 Å². The monoisotopic (exact) mass is 281 g/mol. The van der Waals surface area contributed by atoms with E-state index in [2.05, 4.69) is 21.6 Å². The average molecular weight is 282 g/mol. The Morgan fingerprint density at radius 1 is 1.47 bits per heavy atom. The molecule has 0 saturated heterocycles. The van der Waals surface area contributed by atoms with Crippen molar-refractivity contribution in [1.29, 1.82) is 0 Å². The number of nitrogens with two attached hydrogens (primary N) is 1. The van der Waals surface area contributed by atoms with E-state index >= 15 is 0 Å². The van der Waals surface area contributed by atoms with Crippen molar-refractivity contribution in [3.05, 3.63) is 34.6 Å². The molecule has 2 aromatic rings. The van der Waals surface area contributed by atoms with E-state index in [1.807, 2.05) is 24.9 Å².